The Hall–Kier alpha value is -3.27. The predicted molar refractivity (Wildman–Crippen MR) is 82.8 cm³/mol. The Labute approximate surface area is 132 Å². The monoisotopic (exact) mass is 310 g/mol. The minimum atomic E-state index is 0.389. The molecule has 0 aliphatic heterocycles. The molecule has 0 atom stereocenters. The molecule has 0 spiro atoms. The minimum Gasteiger partial charge on any atom is -0.493 e. The number of nitriles is 1. The molecule has 0 N–H and O–H groups in total. The summed E-state index contributed by atoms with van der Waals surface area (Å²) in [5, 5.41) is 13.9. The lowest BCUT2D eigenvalue weighted by molar-refractivity contribution is 0.324. The first-order chi connectivity index (χ1) is 11.2. The van der Waals surface area contributed by atoms with Crippen molar-refractivity contribution < 1.29 is 14.2 Å². The molecule has 3 aromatic rings. The zero-order valence-electron chi connectivity index (χ0n) is 12.9. The second-order valence-corrected chi connectivity index (χ2v) is 4.64. The van der Waals surface area contributed by atoms with E-state index in [2.05, 4.69) is 16.2 Å². The Balaban J connectivity index is 2.29. The zero-order chi connectivity index (χ0) is 16.4. The summed E-state index contributed by atoms with van der Waals surface area (Å²) in [5.41, 5.74) is 2.07. The molecule has 7 nitrogen and oxygen atoms in total. The van der Waals surface area contributed by atoms with Gasteiger partial charge in [0.1, 0.15) is 17.3 Å². The van der Waals surface area contributed by atoms with E-state index in [0.29, 0.717) is 39.7 Å². The van der Waals surface area contributed by atoms with E-state index in [4.69, 9.17) is 14.2 Å². The lowest BCUT2D eigenvalue weighted by atomic mass is 10.1. The molecule has 0 aliphatic rings. The van der Waals surface area contributed by atoms with Gasteiger partial charge in [0.15, 0.2) is 17.1 Å². The third-order valence-electron chi connectivity index (χ3n) is 3.45. The fraction of sp³-hybridized carbons (Fsp3) is 0.188. The van der Waals surface area contributed by atoms with Crippen LogP contribution in [0, 0.1) is 11.3 Å². The summed E-state index contributed by atoms with van der Waals surface area (Å²) in [5.74, 6) is 1.48. The van der Waals surface area contributed by atoms with Crippen molar-refractivity contribution in [3.8, 4) is 34.6 Å². The molecule has 23 heavy (non-hydrogen) atoms. The number of ether oxygens (including phenoxy) is 3. The van der Waals surface area contributed by atoms with Crippen LogP contribution in [0.4, 0.5) is 0 Å². The van der Waals surface area contributed by atoms with Gasteiger partial charge in [-0.05, 0) is 18.2 Å². The first-order valence-corrected chi connectivity index (χ1v) is 6.77. The van der Waals surface area contributed by atoms with Crippen molar-refractivity contribution in [1.29, 1.82) is 5.26 Å². The third kappa shape index (κ3) is 2.30. The standard InChI is InChI=1S/C16H14N4O3/c1-21-12-7-10(8-13(22-2)15(12)23-3)14-11(9-17)16-18-5-4-6-20(16)19-14/h4-8H,1-3H3. The van der Waals surface area contributed by atoms with Gasteiger partial charge < -0.3 is 14.2 Å². The van der Waals surface area contributed by atoms with Gasteiger partial charge in [-0.1, -0.05) is 0 Å². The molecule has 3 rings (SSSR count). The molecule has 2 aromatic heterocycles. The second-order valence-electron chi connectivity index (χ2n) is 4.64. The van der Waals surface area contributed by atoms with Crippen LogP contribution in [-0.2, 0) is 0 Å². The van der Waals surface area contributed by atoms with Gasteiger partial charge >= 0.3 is 0 Å². The summed E-state index contributed by atoms with van der Waals surface area (Å²) in [6.45, 7) is 0. The van der Waals surface area contributed by atoms with Crippen molar-refractivity contribution in [2.24, 2.45) is 0 Å². The van der Waals surface area contributed by atoms with E-state index in [1.807, 2.05) is 0 Å². The Morgan fingerprint density at radius 1 is 1.09 bits per heavy atom. The van der Waals surface area contributed by atoms with Crippen LogP contribution in [0.1, 0.15) is 5.56 Å². The molecule has 0 saturated carbocycles. The Morgan fingerprint density at radius 2 is 1.78 bits per heavy atom. The van der Waals surface area contributed by atoms with E-state index >= 15 is 0 Å². The van der Waals surface area contributed by atoms with Gasteiger partial charge in [-0.25, -0.2) is 9.50 Å². The molecule has 7 heteroatoms. The fourth-order valence-corrected chi connectivity index (χ4v) is 2.41. The van der Waals surface area contributed by atoms with E-state index in [9.17, 15) is 5.26 Å². The largest absolute Gasteiger partial charge is 0.493 e. The Kier molecular flexibility index (Phi) is 3.73. The van der Waals surface area contributed by atoms with E-state index in [1.165, 1.54) is 21.3 Å². The average Bonchev–Trinajstić information content (AvgIpc) is 2.98. The van der Waals surface area contributed by atoms with Crippen LogP contribution < -0.4 is 14.2 Å². The predicted octanol–water partition coefficient (Wildman–Crippen LogP) is 2.29. The highest BCUT2D eigenvalue weighted by atomic mass is 16.5. The van der Waals surface area contributed by atoms with Crippen molar-refractivity contribution >= 4 is 5.65 Å². The molecule has 116 valence electrons. The lowest BCUT2D eigenvalue weighted by Crippen LogP contribution is -1.96. The van der Waals surface area contributed by atoms with Gasteiger partial charge in [-0.3, -0.25) is 0 Å². The number of aromatic nitrogens is 3. The van der Waals surface area contributed by atoms with Crippen LogP contribution >= 0.6 is 0 Å². The molecular formula is C16H14N4O3. The molecule has 0 saturated heterocycles. The highest BCUT2D eigenvalue weighted by molar-refractivity contribution is 5.78. The van der Waals surface area contributed by atoms with Crippen LogP contribution in [0.25, 0.3) is 16.9 Å². The van der Waals surface area contributed by atoms with Crippen LogP contribution in [0.2, 0.25) is 0 Å². The summed E-state index contributed by atoms with van der Waals surface area (Å²) in [6.07, 6.45) is 3.36. The molecule has 0 aliphatic carbocycles. The van der Waals surface area contributed by atoms with Crippen LogP contribution in [0.15, 0.2) is 30.6 Å². The summed E-state index contributed by atoms with van der Waals surface area (Å²) < 4.78 is 17.6. The molecule has 0 fully saturated rings. The molecule has 2 heterocycles. The second kappa shape index (κ2) is 5.85. The maximum atomic E-state index is 9.49. The Morgan fingerprint density at radius 3 is 2.35 bits per heavy atom. The van der Waals surface area contributed by atoms with Gasteiger partial charge in [0.05, 0.1) is 21.3 Å². The number of nitrogens with zero attached hydrogens (tertiary/aromatic N) is 4. The van der Waals surface area contributed by atoms with E-state index in [-0.39, 0.29) is 0 Å². The smallest absolute Gasteiger partial charge is 0.203 e. The molecule has 1 aromatic carbocycles. The van der Waals surface area contributed by atoms with Gasteiger partial charge in [0, 0.05) is 18.0 Å². The number of methoxy groups -OCH3 is 3. The van der Waals surface area contributed by atoms with E-state index in [0.717, 1.165) is 0 Å². The molecule has 0 radical (unpaired) electrons. The first-order valence-electron chi connectivity index (χ1n) is 6.77. The number of hydrogen-bond donors (Lipinski definition) is 0. The van der Waals surface area contributed by atoms with Crippen molar-refractivity contribution in [2.45, 2.75) is 0 Å². The summed E-state index contributed by atoms with van der Waals surface area (Å²) in [4.78, 5) is 4.21. The topological polar surface area (TPSA) is 81.7 Å². The molecule has 0 unspecified atom stereocenters. The SMILES string of the molecule is COc1cc(-c2nn3cccnc3c2C#N)cc(OC)c1OC. The number of benzene rings is 1. The van der Waals surface area contributed by atoms with Crippen molar-refractivity contribution in [1.82, 2.24) is 14.6 Å². The average molecular weight is 310 g/mol. The molecule has 0 bridgehead atoms. The molecular weight excluding hydrogens is 296 g/mol. The van der Waals surface area contributed by atoms with Gasteiger partial charge in [0.2, 0.25) is 5.75 Å². The summed E-state index contributed by atoms with van der Waals surface area (Å²) in [6, 6.07) is 7.42. The van der Waals surface area contributed by atoms with Crippen LogP contribution in [-0.4, -0.2) is 35.9 Å². The van der Waals surface area contributed by atoms with Gasteiger partial charge in [-0.15, -0.1) is 0 Å². The van der Waals surface area contributed by atoms with Gasteiger partial charge in [-0.2, -0.15) is 10.4 Å². The molecule has 0 amide bonds. The quantitative estimate of drug-likeness (QED) is 0.735. The number of fused-ring (bicyclic) bond motifs is 1. The minimum absolute atomic E-state index is 0.389. The Bertz CT molecular complexity index is 886. The van der Waals surface area contributed by atoms with Crippen molar-refractivity contribution in [3.05, 3.63) is 36.2 Å². The first kappa shape index (κ1) is 14.7. The van der Waals surface area contributed by atoms with E-state index in [1.54, 1.807) is 35.1 Å². The lowest BCUT2D eigenvalue weighted by Gasteiger charge is -2.13. The van der Waals surface area contributed by atoms with Crippen LogP contribution in [0.5, 0.6) is 17.2 Å². The highest BCUT2D eigenvalue weighted by Gasteiger charge is 2.20. The fourth-order valence-electron chi connectivity index (χ4n) is 2.41. The normalized spacial score (nSPS) is 10.3. The van der Waals surface area contributed by atoms with E-state index < -0.39 is 0 Å². The van der Waals surface area contributed by atoms with Crippen molar-refractivity contribution in [3.63, 3.8) is 0 Å². The zero-order valence-corrected chi connectivity index (χ0v) is 12.9. The summed E-state index contributed by atoms with van der Waals surface area (Å²) in [7, 11) is 4.62. The van der Waals surface area contributed by atoms with Crippen molar-refractivity contribution in [2.75, 3.05) is 21.3 Å². The maximum Gasteiger partial charge on any atom is 0.203 e. The number of rotatable bonds is 4. The van der Waals surface area contributed by atoms with Crippen LogP contribution in [0.3, 0.4) is 0 Å². The third-order valence-corrected chi connectivity index (χ3v) is 3.45. The summed E-state index contributed by atoms with van der Waals surface area (Å²) >= 11 is 0. The van der Waals surface area contributed by atoms with Gasteiger partial charge in [0.25, 0.3) is 0 Å². The highest BCUT2D eigenvalue weighted by Crippen LogP contribution is 2.41. The maximum absolute atomic E-state index is 9.49. The number of hydrogen-bond acceptors (Lipinski definition) is 6.